The van der Waals surface area contributed by atoms with Gasteiger partial charge in [-0.3, -0.25) is 0 Å². The molecule has 4 saturated heterocycles. The summed E-state index contributed by atoms with van der Waals surface area (Å²) in [6.45, 7) is 7.43. The number of hydrogen-bond acceptors (Lipinski definition) is 12. The van der Waals surface area contributed by atoms with E-state index in [1.807, 2.05) is 14.7 Å². The number of carbonyl (C=O) groups is 3. The fourth-order valence-electron chi connectivity index (χ4n) is 4.03. The van der Waals surface area contributed by atoms with Crippen molar-refractivity contribution in [1.29, 1.82) is 0 Å². The van der Waals surface area contributed by atoms with Gasteiger partial charge in [0.2, 0.25) is 0 Å². The fourth-order valence-corrected chi connectivity index (χ4v) is 7.08. The third-order valence-corrected chi connectivity index (χ3v) is 9.93. The molecule has 0 amide bonds. The Morgan fingerprint density at radius 1 is 0.656 bits per heavy atom. The van der Waals surface area contributed by atoms with Crippen molar-refractivity contribution < 1.29 is 32.3 Å². The molecule has 4 aliphatic heterocycles. The van der Waals surface area contributed by atoms with E-state index in [0.717, 1.165) is 19.5 Å². The third kappa shape index (κ3) is 7.54. The van der Waals surface area contributed by atoms with Crippen molar-refractivity contribution in [2.24, 2.45) is 0 Å². The number of nitrogens with zero attached hydrogens (tertiary/aromatic N) is 4. The van der Waals surface area contributed by atoms with Gasteiger partial charge in [0, 0.05) is 0 Å². The van der Waals surface area contributed by atoms with E-state index in [1.165, 1.54) is 0 Å². The molecule has 12 nitrogen and oxygen atoms in total. The zero-order valence-electron chi connectivity index (χ0n) is 18.2. The summed E-state index contributed by atoms with van der Waals surface area (Å²) in [6.07, 6.45) is 0.631. The first-order chi connectivity index (χ1) is 15.5. The average Bonchev–Trinajstić information content (AvgIpc) is 2.79. The second kappa shape index (κ2) is 12.0. The summed E-state index contributed by atoms with van der Waals surface area (Å²) in [7, 11) is 0. The Balaban J connectivity index is 1.55. The van der Waals surface area contributed by atoms with Crippen LogP contribution in [0.2, 0.25) is 0 Å². The summed E-state index contributed by atoms with van der Waals surface area (Å²) in [5.41, 5.74) is 0. The molecule has 0 radical (unpaired) electrons. The zero-order chi connectivity index (χ0) is 22.3. The molecule has 180 valence electrons. The Morgan fingerprint density at radius 2 is 1.06 bits per heavy atom. The van der Waals surface area contributed by atoms with Crippen LogP contribution in [0.4, 0.5) is 0 Å². The molecule has 0 aromatic heterocycles. The van der Waals surface area contributed by atoms with E-state index >= 15 is 0 Å². The number of carbonyl (C=O) groups excluding carboxylic acids is 3. The fraction of sp³-hybridized carbons (Fsp3) is 0.842. The molecular formula is C19H31BiN4O8. The van der Waals surface area contributed by atoms with Crippen molar-refractivity contribution in [3.63, 3.8) is 0 Å². The molecule has 4 fully saturated rings. The van der Waals surface area contributed by atoms with E-state index < -0.39 is 41.0 Å². The van der Waals surface area contributed by atoms with E-state index in [4.69, 9.17) is 17.9 Å². The van der Waals surface area contributed by atoms with E-state index in [1.54, 1.807) is 0 Å². The van der Waals surface area contributed by atoms with Crippen molar-refractivity contribution in [3.05, 3.63) is 0 Å². The topological polar surface area (TPSA) is 110 Å². The van der Waals surface area contributed by atoms with Gasteiger partial charge >= 0.3 is 197 Å². The van der Waals surface area contributed by atoms with Crippen LogP contribution in [0.15, 0.2) is 0 Å². The molecule has 32 heavy (non-hydrogen) atoms. The third-order valence-electron chi connectivity index (χ3n) is 5.82. The van der Waals surface area contributed by atoms with Crippen molar-refractivity contribution >= 4 is 41.0 Å². The molecule has 0 saturated carbocycles. The van der Waals surface area contributed by atoms with E-state index in [9.17, 15) is 14.4 Å². The van der Waals surface area contributed by atoms with Crippen LogP contribution in [-0.4, -0.2) is 159 Å². The van der Waals surface area contributed by atoms with Crippen molar-refractivity contribution in [2.75, 3.05) is 91.8 Å². The molecule has 0 spiro atoms. The van der Waals surface area contributed by atoms with Crippen LogP contribution in [-0.2, 0) is 32.3 Å². The second-order valence-corrected chi connectivity index (χ2v) is 12.1. The summed E-state index contributed by atoms with van der Waals surface area (Å²) in [4.78, 5) is 45.8. The van der Waals surface area contributed by atoms with E-state index in [0.29, 0.717) is 59.0 Å². The van der Waals surface area contributed by atoms with Crippen LogP contribution in [0.25, 0.3) is 0 Å². The Kier molecular flexibility index (Phi) is 9.04. The van der Waals surface area contributed by atoms with Crippen LogP contribution >= 0.6 is 0 Å². The van der Waals surface area contributed by atoms with Crippen molar-refractivity contribution in [3.8, 4) is 0 Å². The van der Waals surface area contributed by atoms with E-state index in [2.05, 4.69) is 4.90 Å². The van der Waals surface area contributed by atoms with Crippen LogP contribution in [0, 0.1) is 0 Å². The molecule has 2 atom stereocenters. The van der Waals surface area contributed by atoms with Gasteiger partial charge < -0.3 is 0 Å². The number of rotatable bonds is 2. The first-order valence-electron chi connectivity index (χ1n) is 11.1. The van der Waals surface area contributed by atoms with Gasteiger partial charge in [0.15, 0.2) is 0 Å². The van der Waals surface area contributed by atoms with Crippen molar-refractivity contribution in [2.45, 2.75) is 12.7 Å². The van der Waals surface area contributed by atoms with Crippen LogP contribution < -0.4 is 0 Å². The Bertz CT molecular complexity index is 644. The van der Waals surface area contributed by atoms with Gasteiger partial charge in [0.1, 0.15) is 0 Å². The van der Waals surface area contributed by atoms with Crippen LogP contribution in [0.1, 0.15) is 6.42 Å². The molecule has 0 aliphatic carbocycles. The molecule has 2 unspecified atom stereocenters. The molecule has 0 N–H and O–H groups in total. The van der Waals surface area contributed by atoms with Crippen molar-refractivity contribution in [1.82, 2.24) is 19.6 Å². The summed E-state index contributed by atoms with van der Waals surface area (Å²) in [5.74, 6) is -1.54. The molecule has 4 heterocycles. The second-order valence-electron chi connectivity index (χ2n) is 8.27. The van der Waals surface area contributed by atoms with Gasteiger partial charge in [0.25, 0.3) is 0 Å². The van der Waals surface area contributed by atoms with Gasteiger partial charge in [-0.2, -0.15) is 0 Å². The van der Waals surface area contributed by atoms with Gasteiger partial charge in [0.05, 0.1) is 0 Å². The maximum absolute atomic E-state index is 12.5. The quantitative estimate of drug-likeness (QED) is 0.297. The maximum atomic E-state index is 12.5. The Morgan fingerprint density at radius 3 is 1.50 bits per heavy atom. The first-order valence-corrected chi connectivity index (χ1v) is 15.3. The van der Waals surface area contributed by atoms with E-state index in [-0.39, 0.29) is 25.9 Å². The molecule has 4 aliphatic rings. The number of ether oxygens (including phenoxy) is 2. The van der Waals surface area contributed by atoms with Gasteiger partial charge in [-0.15, -0.1) is 0 Å². The van der Waals surface area contributed by atoms with Gasteiger partial charge in [-0.05, 0) is 0 Å². The van der Waals surface area contributed by atoms with Crippen LogP contribution in [0.5, 0.6) is 0 Å². The predicted molar refractivity (Wildman–Crippen MR) is 110 cm³/mol. The molecular weight excluding hydrogens is 621 g/mol. The predicted octanol–water partition coefficient (Wildman–Crippen LogP) is -2.39. The Labute approximate surface area is 197 Å². The summed E-state index contributed by atoms with van der Waals surface area (Å²) in [6, 6.07) is 0. The Hall–Kier alpha value is -0.947. The standard InChI is InChI=1S/C19H34N4O8.Bi/c24-16(25)12-20-2-4-21(13-17(26)27)6-8-23(15-19-30-10-1-11-31-19)9-7-22(5-3-20)14-18(28)29;/h19H,1-15H2,(H,24,25)(H,26,27)(H,28,29);/q;+3/p-3. The minimum atomic E-state index is -3.99. The molecule has 4 rings (SSSR count). The minimum absolute atomic E-state index is 0.0607. The number of fused-ring (bicyclic) bond motifs is 7. The van der Waals surface area contributed by atoms with Gasteiger partial charge in [-0.25, -0.2) is 0 Å². The molecule has 0 aromatic carbocycles. The SMILES string of the molecule is O=C1CN2CCN3CCN(CC4OCCCO4)CCN(CC2)CC(=O)[O][Bi]([O]1)[O]C(=O)C3. The zero-order valence-corrected chi connectivity index (χ0v) is 21.7. The molecule has 13 heteroatoms. The monoisotopic (exact) mass is 652 g/mol. The summed E-state index contributed by atoms with van der Waals surface area (Å²) < 4.78 is 27.6. The molecule has 0 aromatic rings. The summed E-state index contributed by atoms with van der Waals surface area (Å²) in [5, 5.41) is 0. The molecule has 4 bridgehead atoms. The summed E-state index contributed by atoms with van der Waals surface area (Å²) >= 11 is -3.99. The first kappa shape index (κ1) is 24.2. The number of hydrogen-bond donors (Lipinski definition) is 0. The average molecular weight is 652 g/mol. The normalized spacial score (nSPS) is 32.6. The van der Waals surface area contributed by atoms with Crippen LogP contribution in [0.3, 0.4) is 0 Å². The van der Waals surface area contributed by atoms with Gasteiger partial charge in [-0.1, -0.05) is 0 Å².